The summed E-state index contributed by atoms with van der Waals surface area (Å²) in [7, 11) is 0. The molecule has 0 saturated carbocycles. The SMILES string of the molecule is [C-]#[N+]c1cc([C@@H]2CN3CCN(C(=O)Cc4cnc(-n5cnnn5)nc4)C[C@@H]3CO2)ccc1F. The van der Waals surface area contributed by atoms with Crippen LogP contribution in [-0.4, -0.2) is 84.7 Å². The zero-order chi connectivity index (χ0) is 22.8. The minimum atomic E-state index is -0.523. The van der Waals surface area contributed by atoms with E-state index in [2.05, 4.69) is 35.2 Å². The highest BCUT2D eigenvalue weighted by Gasteiger charge is 2.35. The van der Waals surface area contributed by atoms with Crippen LogP contribution in [0.15, 0.2) is 36.9 Å². The molecule has 0 N–H and O–H groups in total. The second-order valence-electron chi connectivity index (χ2n) is 7.96. The molecule has 168 valence electrons. The van der Waals surface area contributed by atoms with Crippen molar-refractivity contribution < 1.29 is 13.9 Å². The highest BCUT2D eigenvalue weighted by atomic mass is 19.1. The first-order valence-electron chi connectivity index (χ1n) is 10.5. The summed E-state index contributed by atoms with van der Waals surface area (Å²) in [4.78, 5) is 28.6. The zero-order valence-corrected chi connectivity index (χ0v) is 17.6. The highest BCUT2D eigenvalue weighted by Crippen LogP contribution is 2.30. The van der Waals surface area contributed by atoms with Gasteiger partial charge in [0.15, 0.2) is 0 Å². The number of carbonyl (C=O) groups excluding carboxylic acids is 1. The standard InChI is InChI=1S/C21H20FN9O2/c1-23-18-7-15(2-3-17(18)22)19-11-29-4-5-30(10-16(29)12-33-19)20(32)6-14-8-24-21(25-9-14)31-13-26-27-28-31/h2-3,7-9,13,16,19H,4-6,10-12H2/t16-,19+/m1/s1. The van der Waals surface area contributed by atoms with Gasteiger partial charge in [-0.2, -0.15) is 4.68 Å². The largest absolute Gasteiger partial charge is 0.371 e. The van der Waals surface area contributed by atoms with E-state index in [1.165, 1.54) is 17.1 Å². The molecule has 12 heteroatoms. The fourth-order valence-electron chi connectivity index (χ4n) is 4.12. The molecule has 2 fully saturated rings. The molecule has 5 rings (SSSR count). The molecule has 0 unspecified atom stereocenters. The molecule has 2 saturated heterocycles. The summed E-state index contributed by atoms with van der Waals surface area (Å²) < 4.78 is 21.0. The van der Waals surface area contributed by atoms with Crippen molar-refractivity contribution in [2.45, 2.75) is 18.6 Å². The Morgan fingerprint density at radius 3 is 2.85 bits per heavy atom. The lowest BCUT2D eigenvalue weighted by Crippen LogP contribution is -2.59. The van der Waals surface area contributed by atoms with Crippen LogP contribution < -0.4 is 0 Å². The molecule has 2 aromatic heterocycles. The fourth-order valence-corrected chi connectivity index (χ4v) is 4.12. The minimum absolute atomic E-state index is 0.00334. The minimum Gasteiger partial charge on any atom is -0.371 e. The van der Waals surface area contributed by atoms with Gasteiger partial charge in [-0.1, -0.05) is 6.07 Å². The summed E-state index contributed by atoms with van der Waals surface area (Å²) in [6.45, 7) is 10.1. The van der Waals surface area contributed by atoms with Crippen LogP contribution in [0.1, 0.15) is 17.2 Å². The molecule has 2 atom stereocenters. The second kappa shape index (κ2) is 8.97. The number of amides is 1. The molecule has 11 nitrogen and oxygen atoms in total. The Balaban J connectivity index is 1.17. The van der Waals surface area contributed by atoms with Crippen molar-refractivity contribution in [3.63, 3.8) is 0 Å². The molecule has 0 bridgehead atoms. The summed E-state index contributed by atoms with van der Waals surface area (Å²) >= 11 is 0. The maximum Gasteiger partial charge on any atom is 0.253 e. The number of piperazine rings is 1. The smallest absolute Gasteiger partial charge is 0.253 e. The van der Waals surface area contributed by atoms with Crippen LogP contribution in [0.25, 0.3) is 10.8 Å². The number of ether oxygens (including phenoxy) is 1. The van der Waals surface area contributed by atoms with E-state index < -0.39 is 5.82 Å². The summed E-state index contributed by atoms with van der Waals surface area (Å²) in [6.07, 6.45) is 4.59. The van der Waals surface area contributed by atoms with Crippen LogP contribution in [0.4, 0.5) is 10.1 Å². The summed E-state index contributed by atoms with van der Waals surface area (Å²) in [5, 5.41) is 10.8. The number of hydrogen-bond acceptors (Lipinski definition) is 8. The van der Waals surface area contributed by atoms with E-state index in [4.69, 9.17) is 11.3 Å². The first kappa shape index (κ1) is 21.0. The number of fused-ring (bicyclic) bond motifs is 1. The van der Waals surface area contributed by atoms with Gasteiger partial charge in [0.1, 0.15) is 12.1 Å². The van der Waals surface area contributed by atoms with Crippen LogP contribution >= 0.6 is 0 Å². The lowest BCUT2D eigenvalue weighted by atomic mass is 10.0. The van der Waals surface area contributed by atoms with Gasteiger partial charge in [-0.05, 0) is 33.7 Å². The van der Waals surface area contributed by atoms with Crippen molar-refractivity contribution in [1.29, 1.82) is 0 Å². The number of tetrazole rings is 1. The predicted octanol–water partition coefficient (Wildman–Crippen LogP) is 0.969. The summed E-state index contributed by atoms with van der Waals surface area (Å²) in [5.41, 5.74) is 1.51. The maximum atomic E-state index is 13.6. The van der Waals surface area contributed by atoms with Crippen molar-refractivity contribution in [3.8, 4) is 5.95 Å². The third-order valence-corrected chi connectivity index (χ3v) is 5.91. The maximum absolute atomic E-state index is 13.6. The van der Waals surface area contributed by atoms with Crippen LogP contribution in [0.5, 0.6) is 0 Å². The van der Waals surface area contributed by atoms with E-state index in [9.17, 15) is 9.18 Å². The van der Waals surface area contributed by atoms with E-state index in [1.54, 1.807) is 24.5 Å². The average Bonchev–Trinajstić information content (AvgIpc) is 3.39. The number of benzene rings is 1. The van der Waals surface area contributed by atoms with Crippen LogP contribution in [0, 0.1) is 12.4 Å². The molecule has 1 amide bonds. The highest BCUT2D eigenvalue weighted by molar-refractivity contribution is 5.78. The molecule has 0 aliphatic carbocycles. The molecule has 2 aliphatic heterocycles. The van der Waals surface area contributed by atoms with Crippen molar-refractivity contribution in [3.05, 3.63) is 65.3 Å². The Labute approximate surface area is 188 Å². The first-order valence-corrected chi connectivity index (χ1v) is 10.5. The Morgan fingerprint density at radius 2 is 2.09 bits per heavy atom. The van der Waals surface area contributed by atoms with Gasteiger partial charge in [0.2, 0.25) is 11.6 Å². The number of halogens is 1. The Kier molecular flexibility index (Phi) is 5.72. The quantitative estimate of drug-likeness (QED) is 0.543. The molecule has 1 aromatic carbocycles. The van der Waals surface area contributed by atoms with Gasteiger partial charge in [-0.15, -0.1) is 5.10 Å². The van der Waals surface area contributed by atoms with E-state index in [-0.39, 0.29) is 30.2 Å². The van der Waals surface area contributed by atoms with Crippen molar-refractivity contribution in [1.82, 2.24) is 40.0 Å². The van der Waals surface area contributed by atoms with Crippen LogP contribution in [0.3, 0.4) is 0 Å². The van der Waals surface area contributed by atoms with Gasteiger partial charge in [0.05, 0.1) is 31.7 Å². The van der Waals surface area contributed by atoms with Gasteiger partial charge in [-0.25, -0.2) is 19.2 Å². The molecule has 0 radical (unpaired) electrons. The van der Waals surface area contributed by atoms with Crippen LogP contribution in [0.2, 0.25) is 0 Å². The molecule has 2 aliphatic rings. The Bertz CT molecular complexity index is 1180. The Hall–Kier alpha value is -3.82. The lowest BCUT2D eigenvalue weighted by molar-refractivity contribution is -0.139. The van der Waals surface area contributed by atoms with Crippen molar-refractivity contribution in [2.75, 3.05) is 32.8 Å². The zero-order valence-electron chi connectivity index (χ0n) is 17.6. The number of hydrogen-bond donors (Lipinski definition) is 0. The van der Waals surface area contributed by atoms with E-state index in [0.29, 0.717) is 37.8 Å². The number of nitrogens with zero attached hydrogens (tertiary/aromatic N) is 9. The molecular formula is C21H20FN9O2. The van der Waals surface area contributed by atoms with E-state index >= 15 is 0 Å². The third-order valence-electron chi connectivity index (χ3n) is 5.91. The molecule has 33 heavy (non-hydrogen) atoms. The predicted molar refractivity (Wildman–Crippen MR) is 112 cm³/mol. The van der Waals surface area contributed by atoms with Crippen molar-refractivity contribution >= 4 is 11.6 Å². The van der Waals surface area contributed by atoms with Crippen LogP contribution in [-0.2, 0) is 16.0 Å². The van der Waals surface area contributed by atoms with E-state index in [1.807, 2.05) is 4.90 Å². The van der Waals surface area contributed by atoms with E-state index in [0.717, 1.165) is 12.1 Å². The summed E-state index contributed by atoms with van der Waals surface area (Å²) in [5.74, 6) is -0.177. The second-order valence-corrected chi connectivity index (χ2v) is 7.96. The normalized spacial score (nSPS) is 20.8. The number of morpholine rings is 1. The number of rotatable bonds is 4. The average molecular weight is 449 g/mol. The monoisotopic (exact) mass is 449 g/mol. The fraction of sp³-hybridized carbons (Fsp3) is 0.381. The molecular weight excluding hydrogens is 429 g/mol. The first-order chi connectivity index (χ1) is 16.1. The van der Waals surface area contributed by atoms with Crippen molar-refractivity contribution in [2.24, 2.45) is 0 Å². The molecule has 0 spiro atoms. The van der Waals surface area contributed by atoms with Gasteiger partial charge in [-0.3, -0.25) is 9.69 Å². The summed E-state index contributed by atoms with van der Waals surface area (Å²) in [6, 6.07) is 4.63. The Morgan fingerprint density at radius 1 is 1.24 bits per heavy atom. The van der Waals surface area contributed by atoms with Gasteiger partial charge in [0.25, 0.3) is 5.95 Å². The lowest BCUT2D eigenvalue weighted by Gasteiger charge is -2.46. The third kappa shape index (κ3) is 4.41. The number of carbonyl (C=O) groups is 1. The van der Waals surface area contributed by atoms with Gasteiger partial charge >= 0.3 is 0 Å². The number of aromatic nitrogens is 6. The molecule has 3 aromatic rings. The topological polar surface area (TPSA) is 107 Å². The van der Waals surface area contributed by atoms with Gasteiger partial charge in [0, 0.05) is 38.6 Å². The molecule has 4 heterocycles. The van der Waals surface area contributed by atoms with Gasteiger partial charge < -0.3 is 9.64 Å².